The van der Waals surface area contributed by atoms with Gasteiger partial charge in [-0.15, -0.1) is 12.4 Å². The number of likely N-dealkylation sites (tertiary alicyclic amines) is 2. The van der Waals surface area contributed by atoms with Crippen molar-refractivity contribution < 1.29 is 9.53 Å². The maximum absolute atomic E-state index is 13.2. The number of ether oxygens (including phenoxy) is 1. The number of nitrogens with two attached hydrogens (primary N) is 1. The first-order valence-electron chi connectivity index (χ1n) is 11.0. The molecule has 2 fully saturated rings. The van der Waals surface area contributed by atoms with Gasteiger partial charge in [-0.2, -0.15) is 0 Å². The first-order valence-corrected chi connectivity index (χ1v) is 11.0. The minimum Gasteiger partial charge on any atom is -0.497 e. The third-order valence-corrected chi connectivity index (χ3v) is 6.93. The molecule has 0 radical (unpaired) electrons. The van der Waals surface area contributed by atoms with Crippen LogP contribution in [0.3, 0.4) is 0 Å². The van der Waals surface area contributed by atoms with Gasteiger partial charge in [0.05, 0.1) is 12.5 Å². The van der Waals surface area contributed by atoms with E-state index in [0.717, 1.165) is 63.2 Å². The van der Waals surface area contributed by atoms with E-state index in [2.05, 4.69) is 29.2 Å². The molecule has 0 aromatic heterocycles. The molecule has 31 heavy (non-hydrogen) atoms. The predicted molar refractivity (Wildman–Crippen MR) is 126 cm³/mol. The Bertz CT molecular complexity index is 836. The number of nitrogens with zero attached hydrogens (tertiary/aromatic N) is 2. The lowest BCUT2D eigenvalue weighted by Crippen LogP contribution is -2.45. The summed E-state index contributed by atoms with van der Waals surface area (Å²) in [6, 6.07) is 18.4. The SMILES string of the molecule is COc1ccc(CN2CCC3(CCN(CCC(N)c4ccccc4)CC3)C2=O)cc1.Cl. The summed E-state index contributed by atoms with van der Waals surface area (Å²) < 4.78 is 5.23. The zero-order chi connectivity index (χ0) is 21.0. The number of hydrogen-bond donors (Lipinski definition) is 1. The summed E-state index contributed by atoms with van der Waals surface area (Å²) in [5.41, 5.74) is 8.58. The quantitative estimate of drug-likeness (QED) is 0.702. The van der Waals surface area contributed by atoms with Crippen LogP contribution in [0.15, 0.2) is 54.6 Å². The summed E-state index contributed by atoms with van der Waals surface area (Å²) in [7, 11) is 1.67. The first-order chi connectivity index (χ1) is 14.6. The Morgan fingerprint density at radius 3 is 2.29 bits per heavy atom. The van der Waals surface area contributed by atoms with Gasteiger partial charge in [-0.1, -0.05) is 42.5 Å². The van der Waals surface area contributed by atoms with Crippen LogP contribution < -0.4 is 10.5 Å². The van der Waals surface area contributed by atoms with Crippen LogP contribution in [-0.4, -0.2) is 49.0 Å². The maximum Gasteiger partial charge on any atom is 0.229 e. The molecular weight excluding hydrogens is 410 g/mol. The monoisotopic (exact) mass is 443 g/mol. The predicted octanol–water partition coefficient (Wildman–Crippen LogP) is 4.02. The smallest absolute Gasteiger partial charge is 0.229 e. The third-order valence-electron chi connectivity index (χ3n) is 6.93. The highest BCUT2D eigenvalue weighted by Crippen LogP contribution is 2.42. The minimum atomic E-state index is -0.148. The van der Waals surface area contributed by atoms with Crippen LogP contribution in [0, 0.1) is 5.41 Å². The van der Waals surface area contributed by atoms with E-state index < -0.39 is 0 Å². The lowest BCUT2D eigenvalue weighted by Gasteiger charge is -2.38. The third kappa shape index (κ3) is 5.40. The average Bonchev–Trinajstić information content (AvgIpc) is 3.09. The number of benzene rings is 2. The normalized spacial score (nSPS) is 19.3. The molecule has 1 amide bonds. The molecule has 2 aromatic rings. The number of hydrogen-bond acceptors (Lipinski definition) is 4. The molecule has 2 aromatic carbocycles. The van der Waals surface area contributed by atoms with Gasteiger partial charge in [0.15, 0.2) is 0 Å². The number of carbonyl (C=O) groups excluding carboxylic acids is 1. The van der Waals surface area contributed by atoms with E-state index in [9.17, 15) is 4.79 Å². The number of methoxy groups -OCH3 is 1. The van der Waals surface area contributed by atoms with E-state index >= 15 is 0 Å². The highest BCUT2D eigenvalue weighted by Gasteiger charge is 2.47. The average molecular weight is 444 g/mol. The number of halogens is 1. The van der Waals surface area contributed by atoms with Crippen molar-refractivity contribution in [3.63, 3.8) is 0 Å². The van der Waals surface area contributed by atoms with Crippen molar-refractivity contribution in [2.24, 2.45) is 11.1 Å². The molecule has 1 unspecified atom stereocenters. The van der Waals surface area contributed by atoms with Gasteiger partial charge in [0.2, 0.25) is 5.91 Å². The van der Waals surface area contributed by atoms with Gasteiger partial charge >= 0.3 is 0 Å². The Morgan fingerprint density at radius 1 is 1.00 bits per heavy atom. The van der Waals surface area contributed by atoms with Crippen LogP contribution in [0.2, 0.25) is 0 Å². The molecule has 0 aliphatic carbocycles. The molecule has 2 N–H and O–H groups in total. The van der Waals surface area contributed by atoms with Crippen LogP contribution >= 0.6 is 12.4 Å². The number of rotatable bonds is 7. The second-order valence-corrected chi connectivity index (χ2v) is 8.75. The zero-order valence-electron chi connectivity index (χ0n) is 18.3. The van der Waals surface area contributed by atoms with Gasteiger partial charge in [-0.05, 0) is 68.6 Å². The highest BCUT2D eigenvalue weighted by atomic mass is 35.5. The summed E-state index contributed by atoms with van der Waals surface area (Å²) in [5, 5.41) is 0. The van der Waals surface area contributed by atoms with Gasteiger partial charge in [-0.3, -0.25) is 4.79 Å². The molecule has 0 saturated carbocycles. The molecular formula is C25H34ClN3O2. The summed E-state index contributed by atoms with van der Waals surface area (Å²) >= 11 is 0. The van der Waals surface area contributed by atoms with Crippen molar-refractivity contribution >= 4 is 18.3 Å². The second kappa shape index (κ2) is 10.5. The van der Waals surface area contributed by atoms with Crippen LogP contribution in [0.1, 0.15) is 42.9 Å². The van der Waals surface area contributed by atoms with Gasteiger partial charge in [0, 0.05) is 19.1 Å². The fourth-order valence-electron chi connectivity index (χ4n) is 4.85. The number of amides is 1. The molecule has 2 aliphatic rings. The Kier molecular flexibility index (Phi) is 7.98. The van der Waals surface area contributed by atoms with Gasteiger partial charge in [0.25, 0.3) is 0 Å². The molecule has 2 aliphatic heterocycles. The lowest BCUT2D eigenvalue weighted by atomic mass is 9.77. The van der Waals surface area contributed by atoms with E-state index in [4.69, 9.17) is 10.5 Å². The van der Waals surface area contributed by atoms with Gasteiger partial charge in [-0.25, -0.2) is 0 Å². The van der Waals surface area contributed by atoms with Gasteiger partial charge in [0.1, 0.15) is 5.75 Å². The second-order valence-electron chi connectivity index (χ2n) is 8.75. The molecule has 168 valence electrons. The van der Waals surface area contributed by atoms with Crippen molar-refractivity contribution in [2.75, 3.05) is 33.3 Å². The van der Waals surface area contributed by atoms with Crippen molar-refractivity contribution in [1.82, 2.24) is 9.80 Å². The summed E-state index contributed by atoms with van der Waals surface area (Å²) in [5.74, 6) is 1.20. The Labute approximate surface area is 192 Å². The van der Waals surface area contributed by atoms with Crippen molar-refractivity contribution in [3.05, 3.63) is 65.7 Å². The Morgan fingerprint density at radius 2 is 1.65 bits per heavy atom. The van der Waals surface area contributed by atoms with Crippen molar-refractivity contribution in [2.45, 2.75) is 38.3 Å². The van der Waals surface area contributed by atoms with E-state index in [1.54, 1.807) is 7.11 Å². The maximum atomic E-state index is 13.2. The van der Waals surface area contributed by atoms with E-state index in [-0.39, 0.29) is 23.9 Å². The summed E-state index contributed by atoms with van der Waals surface area (Å²) in [4.78, 5) is 17.8. The molecule has 0 bridgehead atoms. The summed E-state index contributed by atoms with van der Waals surface area (Å²) in [6.45, 7) is 4.53. The van der Waals surface area contributed by atoms with Crippen LogP contribution in [0.5, 0.6) is 5.75 Å². The largest absolute Gasteiger partial charge is 0.497 e. The van der Waals surface area contributed by atoms with Crippen LogP contribution in [0.4, 0.5) is 0 Å². The first kappa shape index (κ1) is 23.6. The number of piperidine rings is 1. The van der Waals surface area contributed by atoms with Crippen molar-refractivity contribution in [3.8, 4) is 5.75 Å². The van der Waals surface area contributed by atoms with Crippen molar-refractivity contribution in [1.29, 1.82) is 0 Å². The Hall–Kier alpha value is -2.08. The standard InChI is InChI=1S/C25H33N3O2.ClH/c1-30-22-9-7-20(8-10-22)19-28-18-14-25(24(28)29)12-16-27(17-13-25)15-11-23(26)21-5-3-2-4-6-21;/h2-10,23H,11-19,26H2,1H3;1H. The molecule has 5 nitrogen and oxygen atoms in total. The fourth-order valence-corrected chi connectivity index (χ4v) is 4.85. The van der Waals surface area contributed by atoms with E-state index in [1.165, 1.54) is 5.56 Å². The van der Waals surface area contributed by atoms with E-state index in [0.29, 0.717) is 12.5 Å². The molecule has 2 saturated heterocycles. The molecule has 1 spiro atoms. The van der Waals surface area contributed by atoms with E-state index in [1.807, 2.05) is 35.2 Å². The Balaban J connectivity index is 0.00000272. The topological polar surface area (TPSA) is 58.8 Å². The molecule has 1 atom stereocenters. The minimum absolute atomic E-state index is 0. The fraction of sp³-hybridized carbons (Fsp3) is 0.480. The molecule has 2 heterocycles. The summed E-state index contributed by atoms with van der Waals surface area (Å²) in [6.07, 6.45) is 3.87. The lowest BCUT2D eigenvalue weighted by molar-refractivity contribution is -0.138. The number of carbonyl (C=O) groups is 1. The highest BCUT2D eigenvalue weighted by molar-refractivity contribution is 5.85. The van der Waals surface area contributed by atoms with Gasteiger partial charge < -0.3 is 20.3 Å². The molecule has 4 rings (SSSR count). The van der Waals surface area contributed by atoms with Crippen LogP contribution in [0.25, 0.3) is 0 Å². The zero-order valence-corrected chi connectivity index (χ0v) is 19.2. The van der Waals surface area contributed by atoms with Crippen LogP contribution in [-0.2, 0) is 11.3 Å². The molecule has 6 heteroatoms.